The van der Waals surface area contributed by atoms with E-state index in [1.54, 1.807) is 0 Å². The number of allylic oxidation sites excluding steroid dienone is 2. The van der Waals surface area contributed by atoms with E-state index in [0.717, 1.165) is 5.70 Å². The highest BCUT2D eigenvalue weighted by atomic mass is 16.1. The zero-order valence-corrected chi connectivity index (χ0v) is 12.8. The van der Waals surface area contributed by atoms with Crippen LogP contribution in [0, 0.1) is 13.8 Å². The van der Waals surface area contributed by atoms with Gasteiger partial charge in [-0.05, 0) is 36.6 Å². The van der Waals surface area contributed by atoms with Crippen LogP contribution in [-0.2, 0) is 4.79 Å². The van der Waals surface area contributed by atoms with Crippen LogP contribution >= 0.6 is 0 Å². The molecule has 110 valence electrons. The van der Waals surface area contributed by atoms with Crippen molar-refractivity contribution >= 4 is 12.0 Å². The van der Waals surface area contributed by atoms with Crippen LogP contribution in [-0.4, -0.2) is 11.4 Å². The van der Waals surface area contributed by atoms with E-state index in [1.165, 1.54) is 23.6 Å². The molecule has 1 aliphatic rings. The van der Waals surface area contributed by atoms with Crippen molar-refractivity contribution < 1.29 is 4.79 Å². The van der Waals surface area contributed by atoms with Crippen molar-refractivity contribution in [1.82, 2.24) is 5.32 Å². The Morgan fingerprint density at radius 2 is 2.00 bits per heavy atom. The average molecular weight is 282 g/mol. The minimum atomic E-state index is -0.568. The zero-order valence-electron chi connectivity index (χ0n) is 12.8. The largest absolute Gasteiger partial charge is 0.330 e. The number of carbonyl (C=O) groups excluding carboxylic acids is 1. The first kappa shape index (κ1) is 15.3. The Kier molecular flexibility index (Phi) is 4.43. The fraction of sp³-hybridized carbons (Fsp3) is 0.278. The molecule has 0 spiro atoms. The number of benzene rings is 1. The molecule has 1 aromatic carbocycles. The summed E-state index contributed by atoms with van der Waals surface area (Å²) in [5.41, 5.74) is 10.3. The Labute approximate surface area is 126 Å². The number of carbonyl (C=O) groups is 1. The molecule has 1 amide bonds. The van der Waals surface area contributed by atoms with Crippen molar-refractivity contribution in [3.8, 4) is 0 Å². The van der Waals surface area contributed by atoms with Crippen molar-refractivity contribution in [2.75, 3.05) is 0 Å². The quantitative estimate of drug-likeness (QED) is 0.895. The maximum absolute atomic E-state index is 11.2. The predicted molar refractivity (Wildman–Crippen MR) is 87.5 cm³/mol. The molecule has 1 atom stereocenters. The molecule has 0 fully saturated rings. The van der Waals surface area contributed by atoms with E-state index < -0.39 is 5.54 Å². The summed E-state index contributed by atoms with van der Waals surface area (Å²) in [5, 5.41) is 2.81. The third kappa shape index (κ3) is 3.92. The van der Waals surface area contributed by atoms with E-state index in [1.807, 2.05) is 24.3 Å². The van der Waals surface area contributed by atoms with Crippen LogP contribution in [0.2, 0.25) is 0 Å². The van der Waals surface area contributed by atoms with Crippen molar-refractivity contribution in [1.29, 1.82) is 0 Å². The number of rotatable bonds is 3. The third-order valence-corrected chi connectivity index (χ3v) is 3.64. The molecule has 0 saturated carbocycles. The maximum Gasteiger partial charge on any atom is 0.220 e. The topological polar surface area (TPSA) is 55.1 Å². The number of hydrogen-bond acceptors (Lipinski definition) is 2. The van der Waals surface area contributed by atoms with Crippen LogP contribution in [0.4, 0.5) is 0 Å². The van der Waals surface area contributed by atoms with Gasteiger partial charge >= 0.3 is 0 Å². The van der Waals surface area contributed by atoms with Gasteiger partial charge in [-0.1, -0.05) is 42.5 Å². The van der Waals surface area contributed by atoms with Crippen molar-refractivity contribution in [2.45, 2.75) is 32.7 Å². The first-order valence-electron chi connectivity index (χ1n) is 7.10. The highest BCUT2D eigenvalue weighted by Crippen LogP contribution is 2.23. The van der Waals surface area contributed by atoms with Crippen molar-refractivity contribution in [3.63, 3.8) is 0 Å². The van der Waals surface area contributed by atoms with Crippen molar-refractivity contribution in [3.05, 3.63) is 64.9 Å². The molecule has 0 radical (unpaired) electrons. The van der Waals surface area contributed by atoms with Gasteiger partial charge in [0.2, 0.25) is 5.91 Å². The standard InChI is InChI=1S/C18H22N2O/c1-13-6-4-7-14(2)17(13)9-11-18(19)10-5-8-16(12-18)20-15(3)21/h4-11H,12,19H2,1-3H3,(H,20,21). The summed E-state index contributed by atoms with van der Waals surface area (Å²) in [6, 6.07) is 6.24. The van der Waals surface area contributed by atoms with Gasteiger partial charge in [-0.25, -0.2) is 0 Å². The first-order chi connectivity index (χ1) is 9.89. The SMILES string of the molecule is CC(=O)NC1=CC=CC(N)(C=Cc2c(C)cccc2C)C1. The van der Waals surface area contributed by atoms with Crippen LogP contribution in [0.25, 0.3) is 6.08 Å². The summed E-state index contributed by atoms with van der Waals surface area (Å²) in [6.45, 7) is 5.69. The number of hydrogen-bond donors (Lipinski definition) is 2. The zero-order chi connectivity index (χ0) is 15.5. The van der Waals surface area contributed by atoms with Gasteiger partial charge in [0.05, 0.1) is 5.54 Å². The second-order valence-corrected chi connectivity index (χ2v) is 5.66. The van der Waals surface area contributed by atoms with Gasteiger partial charge < -0.3 is 11.1 Å². The summed E-state index contributed by atoms with van der Waals surface area (Å²) in [6.07, 6.45) is 10.4. The van der Waals surface area contributed by atoms with Gasteiger partial charge in [0.1, 0.15) is 0 Å². The average Bonchev–Trinajstić information content (AvgIpc) is 2.37. The van der Waals surface area contributed by atoms with Crippen LogP contribution in [0.3, 0.4) is 0 Å². The van der Waals surface area contributed by atoms with Crippen LogP contribution in [0.1, 0.15) is 30.0 Å². The van der Waals surface area contributed by atoms with Crippen LogP contribution in [0.15, 0.2) is 48.2 Å². The Balaban J connectivity index is 2.19. The molecule has 3 heteroatoms. The first-order valence-corrected chi connectivity index (χ1v) is 7.10. The lowest BCUT2D eigenvalue weighted by Crippen LogP contribution is -2.39. The van der Waals surface area contributed by atoms with Crippen LogP contribution in [0.5, 0.6) is 0 Å². The molecule has 0 aliphatic heterocycles. The predicted octanol–water partition coefficient (Wildman–Crippen LogP) is 2.99. The van der Waals surface area contributed by atoms with E-state index in [4.69, 9.17) is 5.73 Å². The van der Waals surface area contributed by atoms with Gasteiger partial charge in [-0.3, -0.25) is 4.79 Å². The number of aryl methyl sites for hydroxylation is 2. The van der Waals surface area contributed by atoms with Gasteiger partial charge in [0.25, 0.3) is 0 Å². The molecule has 1 aromatic rings. The summed E-state index contributed by atoms with van der Waals surface area (Å²) < 4.78 is 0. The molecule has 0 heterocycles. The second kappa shape index (κ2) is 6.10. The van der Waals surface area contributed by atoms with E-state index in [-0.39, 0.29) is 5.91 Å². The highest BCUT2D eigenvalue weighted by molar-refractivity contribution is 5.75. The molecule has 3 nitrogen and oxygen atoms in total. The Bertz CT molecular complexity index is 620. The van der Waals surface area contributed by atoms with Gasteiger partial charge in [-0.2, -0.15) is 0 Å². The minimum Gasteiger partial charge on any atom is -0.330 e. The normalized spacial score (nSPS) is 21.4. The molecule has 0 saturated heterocycles. The van der Waals surface area contributed by atoms with E-state index >= 15 is 0 Å². The molecule has 1 unspecified atom stereocenters. The van der Waals surface area contributed by atoms with Gasteiger partial charge in [0.15, 0.2) is 0 Å². The van der Waals surface area contributed by atoms with Crippen LogP contribution < -0.4 is 11.1 Å². The molecule has 0 bridgehead atoms. The molecule has 3 N–H and O–H groups in total. The minimum absolute atomic E-state index is 0.0716. The van der Waals surface area contributed by atoms with E-state index in [9.17, 15) is 4.79 Å². The Morgan fingerprint density at radius 3 is 2.62 bits per heavy atom. The molecule has 21 heavy (non-hydrogen) atoms. The van der Waals surface area contributed by atoms with E-state index in [0.29, 0.717) is 6.42 Å². The van der Waals surface area contributed by atoms with Crippen molar-refractivity contribution in [2.24, 2.45) is 5.73 Å². The lowest BCUT2D eigenvalue weighted by atomic mass is 9.88. The van der Waals surface area contributed by atoms with E-state index in [2.05, 4.69) is 43.4 Å². The smallest absolute Gasteiger partial charge is 0.220 e. The fourth-order valence-electron chi connectivity index (χ4n) is 2.55. The third-order valence-electron chi connectivity index (χ3n) is 3.64. The Morgan fingerprint density at radius 1 is 1.33 bits per heavy atom. The molecule has 1 aliphatic carbocycles. The monoisotopic (exact) mass is 282 g/mol. The number of amides is 1. The maximum atomic E-state index is 11.2. The molecular formula is C18H22N2O. The molecule has 0 aromatic heterocycles. The molecule has 2 rings (SSSR count). The Hall–Kier alpha value is -2.13. The molecular weight excluding hydrogens is 260 g/mol. The fourth-order valence-corrected chi connectivity index (χ4v) is 2.55. The van der Waals surface area contributed by atoms with Gasteiger partial charge in [-0.15, -0.1) is 0 Å². The summed E-state index contributed by atoms with van der Waals surface area (Å²) >= 11 is 0. The highest BCUT2D eigenvalue weighted by Gasteiger charge is 2.22. The lowest BCUT2D eigenvalue weighted by molar-refractivity contribution is -0.118. The summed E-state index contributed by atoms with van der Waals surface area (Å²) in [5.74, 6) is -0.0716. The second-order valence-electron chi connectivity index (χ2n) is 5.66. The number of nitrogens with two attached hydrogens (primary N) is 1. The summed E-state index contributed by atoms with van der Waals surface area (Å²) in [7, 11) is 0. The number of nitrogens with one attached hydrogen (secondary N) is 1. The lowest BCUT2D eigenvalue weighted by Gasteiger charge is -2.26. The summed E-state index contributed by atoms with van der Waals surface area (Å²) in [4.78, 5) is 11.2. The van der Waals surface area contributed by atoms with Gasteiger partial charge in [0, 0.05) is 19.0 Å².